The van der Waals surface area contributed by atoms with Gasteiger partial charge in [0.1, 0.15) is 0 Å². The number of anilines is 1. The molecule has 0 saturated heterocycles. The Labute approximate surface area is 104 Å². The number of hydrogen-bond donors (Lipinski definition) is 1. The summed E-state index contributed by atoms with van der Waals surface area (Å²) >= 11 is 0. The summed E-state index contributed by atoms with van der Waals surface area (Å²) in [5, 5.41) is 4.35. The van der Waals surface area contributed by atoms with Crippen LogP contribution in [0.15, 0.2) is 35.7 Å². The lowest BCUT2D eigenvalue weighted by atomic mass is 10.2. The molecular formula is C12H13N5O. The summed E-state index contributed by atoms with van der Waals surface area (Å²) in [6, 6.07) is 5.77. The Kier molecular flexibility index (Phi) is 2.68. The van der Waals surface area contributed by atoms with Gasteiger partial charge in [0.2, 0.25) is 11.8 Å². The second kappa shape index (κ2) is 4.48. The molecule has 0 spiro atoms. The maximum absolute atomic E-state index is 5.03. The zero-order valence-corrected chi connectivity index (χ0v) is 10.00. The first-order valence-corrected chi connectivity index (χ1v) is 5.72. The molecule has 0 saturated carbocycles. The third-order valence-electron chi connectivity index (χ3n) is 2.84. The van der Waals surface area contributed by atoms with E-state index in [-0.39, 0.29) is 0 Å². The minimum atomic E-state index is 0.437. The predicted octanol–water partition coefficient (Wildman–Crippen LogP) is 1.51. The van der Waals surface area contributed by atoms with Crippen molar-refractivity contribution in [2.24, 2.45) is 5.10 Å². The van der Waals surface area contributed by atoms with Crippen LogP contribution in [0.5, 0.6) is 5.88 Å². The van der Waals surface area contributed by atoms with Gasteiger partial charge in [0, 0.05) is 31.4 Å². The standard InChI is InChI=1S/C12H13N5O/c1-18-11-4-6-13-12(14-11)16-15-9-5-8-17-7-2-3-10(9)17/h2-4,6-7H,5,8H2,1H3,(H,13,14,16). The molecule has 1 N–H and O–H groups in total. The molecule has 0 unspecified atom stereocenters. The molecule has 6 heteroatoms. The first-order valence-electron chi connectivity index (χ1n) is 5.72. The molecule has 0 bridgehead atoms. The van der Waals surface area contributed by atoms with E-state index in [1.54, 1.807) is 19.4 Å². The van der Waals surface area contributed by atoms with Gasteiger partial charge in [0.15, 0.2) is 0 Å². The lowest BCUT2D eigenvalue weighted by molar-refractivity contribution is 0.397. The fraction of sp³-hybridized carbons (Fsp3) is 0.250. The lowest BCUT2D eigenvalue weighted by Gasteiger charge is -2.02. The maximum atomic E-state index is 5.03. The highest BCUT2D eigenvalue weighted by atomic mass is 16.5. The van der Waals surface area contributed by atoms with Crippen molar-refractivity contribution in [3.8, 4) is 5.88 Å². The van der Waals surface area contributed by atoms with Gasteiger partial charge in [-0.1, -0.05) is 0 Å². The zero-order chi connectivity index (χ0) is 12.4. The Hall–Kier alpha value is -2.37. The predicted molar refractivity (Wildman–Crippen MR) is 67.8 cm³/mol. The molecule has 18 heavy (non-hydrogen) atoms. The van der Waals surface area contributed by atoms with Crippen LogP contribution in [-0.4, -0.2) is 27.4 Å². The van der Waals surface area contributed by atoms with E-state index < -0.39 is 0 Å². The van der Waals surface area contributed by atoms with Crippen molar-refractivity contribution >= 4 is 11.7 Å². The van der Waals surface area contributed by atoms with Crippen molar-refractivity contribution in [1.82, 2.24) is 14.5 Å². The van der Waals surface area contributed by atoms with E-state index in [1.165, 1.54) is 0 Å². The number of fused-ring (bicyclic) bond motifs is 1. The highest BCUT2D eigenvalue weighted by molar-refractivity contribution is 6.01. The molecule has 1 aliphatic heterocycles. The molecule has 1 aliphatic rings. The van der Waals surface area contributed by atoms with Gasteiger partial charge in [-0.05, 0) is 12.1 Å². The van der Waals surface area contributed by atoms with Gasteiger partial charge in [0.05, 0.1) is 18.5 Å². The maximum Gasteiger partial charge on any atom is 0.246 e. The molecule has 3 rings (SSSR count). The summed E-state index contributed by atoms with van der Waals surface area (Å²) in [5.41, 5.74) is 5.03. The second-order valence-corrected chi connectivity index (χ2v) is 3.93. The van der Waals surface area contributed by atoms with Crippen molar-refractivity contribution in [2.45, 2.75) is 13.0 Å². The van der Waals surface area contributed by atoms with Crippen LogP contribution in [0.1, 0.15) is 12.1 Å². The van der Waals surface area contributed by atoms with Gasteiger partial charge in [-0.2, -0.15) is 10.1 Å². The fourth-order valence-electron chi connectivity index (χ4n) is 1.97. The summed E-state index contributed by atoms with van der Waals surface area (Å²) in [5.74, 6) is 0.953. The Morgan fingerprint density at radius 1 is 1.44 bits per heavy atom. The van der Waals surface area contributed by atoms with E-state index in [0.29, 0.717) is 11.8 Å². The first-order chi connectivity index (χ1) is 8.86. The smallest absolute Gasteiger partial charge is 0.246 e. The molecule has 0 radical (unpaired) electrons. The number of methoxy groups -OCH3 is 1. The topological polar surface area (TPSA) is 64.3 Å². The molecule has 3 heterocycles. The molecule has 6 nitrogen and oxygen atoms in total. The largest absolute Gasteiger partial charge is 0.481 e. The summed E-state index contributed by atoms with van der Waals surface area (Å²) < 4.78 is 7.20. The number of hydrazone groups is 1. The average molecular weight is 243 g/mol. The number of nitrogens with zero attached hydrogens (tertiary/aromatic N) is 4. The third kappa shape index (κ3) is 1.92. The van der Waals surface area contributed by atoms with E-state index in [2.05, 4.69) is 37.3 Å². The summed E-state index contributed by atoms with van der Waals surface area (Å²) in [7, 11) is 1.57. The van der Waals surface area contributed by atoms with E-state index in [4.69, 9.17) is 4.74 Å². The average Bonchev–Trinajstić information content (AvgIpc) is 3.00. The Bertz CT molecular complexity index is 590. The lowest BCUT2D eigenvalue weighted by Crippen LogP contribution is -2.03. The first kappa shape index (κ1) is 10.8. The zero-order valence-electron chi connectivity index (χ0n) is 10.00. The van der Waals surface area contributed by atoms with Crippen molar-refractivity contribution in [2.75, 3.05) is 12.5 Å². The normalized spacial score (nSPS) is 15.7. The van der Waals surface area contributed by atoms with Crippen LogP contribution in [0.3, 0.4) is 0 Å². The van der Waals surface area contributed by atoms with Crippen LogP contribution < -0.4 is 10.2 Å². The monoisotopic (exact) mass is 243 g/mol. The van der Waals surface area contributed by atoms with Crippen LogP contribution in [0.25, 0.3) is 0 Å². The van der Waals surface area contributed by atoms with Crippen molar-refractivity contribution < 1.29 is 4.74 Å². The van der Waals surface area contributed by atoms with Crippen LogP contribution in [0.2, 0.25) is 0 Å². The molecule has 2 aromatic rings. The van der Waals surface area contributed by atoms with Gasteiger partial charge < -0.3 is 9.30 Å². The van der Waals surface area contributed by atoms with E-state index >= 15 is 0 Å². The van der Waals surface area contributed by atoms with Crippen LogP contribution in [0, 0.1) is 0 Å². The molecule has 92 valence electrons. The van der Waals surface area contributed by atoms with Crippen LogP contribution in [-0.2, 0) is 6.54 Å². The van der Waals surface area contributed by atoms with Gasteiger partial charge >= 0.3 is 0 Å². The number of nitrogens with one attached hydrogen (secondary N) is 1. The molecule has 0 aromatic carbocycles. The number of rotatable bonds is 3. The van der Waals surface area contributed by atoms with E-state index in [9.17, 15) is 0 Å². The number of aromatic nitrogens is 3. The highest BCUT2D eigenvalue weighted by Crippen LogP contribution is 2.16. The van der Waals surface area contributed by atoms with Crippen molar-refractivity contribution in [3.63, 3.8) is 0 Å². The Morgan fingerprint density at radius 2 is 2.39 bits per heavy atom. The number of aryl methyl sites for hydroxylation is 1. The van der Waals surface area contributed by atoms with Crippen LogP contribution >= 0.6 is 0 Å². The van der Waals surface area contributed by atoms with Crippen LogP contribution in [0.4, 0.5) is 5.95 Å². The molecule has 0 aliphatic carbocycles. The molecule has 2 aromatic heterocycles. The Morgan fingerprint density at radius 3 is 3.28 bits per heavy atom. The number of ether oxygens (including phenoxy) is 1. The fourth-order valence-corrected chi connectivity index (χ4v) is 1.97. The molecule has 0 amide bonds. The van der Waals surface area contributed by atoms with Gasteiger partial charge in [0.25, 0.3) is 0 Å². The summed E-state index contributed by atoms with van der Waals surface area (Å²) in [6.45, 7) is 0.974. The third-order valence-corrected chi connectivity index (χ3v) is 2.84. The highest BCUT2D eigenvalue weighted by Gasteiger charge is 2.16. The SMILES string of the molecule is COc1ccnc(NN=C2CCn3cccc32)n1. The Balaban J connectivity index is 1.78. The molecular weight excluding hydrogens is 230 g/mol. The van der Waals surface area contributed by atoms with Gasteiger partial charge in [-0.3, -0.25) is 0 Å². The molecule has 0 fully saturated rings. The number of hydrogen-bond acceptors (Lipinski definition) is 5. The minimum Gasteiger partial charge on any atom is -0.481 e. The second-order valence-electron chi connectivity index (χ2n) is 3.93. The van der Waals surface area contributed by atoms with E-state index in [1.807, 2.05) is 6.07 Å². The summed E-state index contributed by atoms with van der Waals surface area (Å²) in [6.07, 6.45) is 4.61. The molecule has 0 atom stereocenters. The van der Waals surface area contributed by atoms with Gasteiger partial charge in [-0.25, -0.2) is 10.4 Å². The van der Waals surface area contributed by atoms with Crippen molar-refractivity contribution in [1.29, 1.82) is 0 Å². The van der Waals surface area contributed by atoms with E-state index in [0.717, 1.165) is 24.4 Å². The summed E-state index contributed by atoms with van der Waals surface area (Å²) in [4.78, 5) is 8.21. The van der Waals surface area contributed by atoms with Gasteiger partial charge in [-0.15, -0.1) is 0 Å². The van der Waals surface area contributed by atoms with Crippen molar-refractivity contribution in [3.05, 3.63) is 36.3 Å². The quantitative estimate of drug-likeness (QED) is 0.830. The minimum absolute atomic E-state index is 0.437.